The number of fused-ring (bicyclic) bond motifs is 1. The number of benzene rings is 3. The van der Waals surface area contributed by atoms with Crippen LogP contribution in [-0.2, 0) is 11.2 Å². The van der Waals surface area contributed by atoms with Gasteiger partial charge in [-0.2, -0.15) is 0 Å². The minimum Gasteiger partial charge on any atom is -0.493 e. The molecule has 1 aromatic heterocycles. The number of carbonyl (C=O) groups is 1. The Kier molecular flexibility index (Phi) is 6.26. The van der Waals surface area contributed by atoms with Crippen molar-refractivity contribution in [2.24, 2.45) is 0 Å². The van der Waals surface area contributed by atoms with E-state index in [2.05, 4.69) is 10.3 Å². The molecule has 0 atom stereocenters. The fraction of sp³-hybridized carbons (Fsp3) is 0.200. The monoisotopic (exact) mass is 432 g/mol. The van der Waals surface area contributed by atoms with Crippen LogP contribution < -0.4 is 19.5 Å². The van der Waals surface area contributed by atoms with E-state index >= 15 is 0 Å². The Morgan fingerprint density at radius 3 is 2.34 bits per heavy atom. The van der Waals surface area contributed by atoms with Gasteiger partial charge in [0.15, 0.2) is 17.1 Å². The molecule has 1 N–H and O–H groups in total. The van der Waals surface area contributed by atoms with Gasteiger partial charge < -0.3 is 23.9 Å². The van der Waals surface area contributed by atoms with Crippen molar-refractivity contribution in [3.63, 3.8) is 0 Å². The van der Waals surface area contributed by atoms with E-state index < -0.39 is 0 Å². The first-order valence-electron chi connectivity index (χ1n) is 10.2. The lowest BCUT2D eigenvalue weighted by Gasteiger charge is -2.15. The molecular weight excluding hydrogens is 408 g/mol. The molecule has 1 heterocycles. The molecule has 0 radical (unpaired) electrons. The summed E-state index contributed by atoms with van der Waals surface area (Å²) in [7, 11) is 4.70. The van der Waals surface area contributed by atoms with Crippen molar-refractivity contribution in [2.75, 3.05) is 26.6 Å². The Morgan fingerprint density at radius 1 is 0.906 bits per heavy atom. The molecule has 4 aromatic rings. The van der Waals surface area contributed by atoms with Crippen LogP contribution in [0.5, 0.6) is 17.2 Å². The van der Waals surface area contributed by atoms with Crippen LogP contribution in [0.25, 0.3) is 22.6 Å². The number of hydrogen-bond acceptors (Lipinski definition) is 6. The van der Waals surface area contributed by atoms with E-state index in [9.17, 15) is 4.79 Å². The fourth-order valence-electron chi connectivity index (χ4n) is 3.52. The highest BCUT2D eigenvalue weighted by atomic mass is 16.5. The third kappa shape index (κ3) is 4.37. The van der Waals surface area contributed by atoms with Crippen molar-refractivity contribution in [1.82, 2.24) is 4.98 Å². The molecule has 0 aliphatic carbocycles. The highest BCUT2D eigenvalue weighted by Crippen LogP contribution is 2.40. The zero-order valence-corrected chi connectivity index (χ0v) is 18.2. The lowest BCUT2D eigenvalue weighted by molar-refractivity contribution is -0.116. The van der Waals surface area contributed by atoms with Crippen LogP contribution in [0.2, 0.25) is 0 Å². The minimum atomic E-state index is -0.101. The molecule has 1 amide bonds. The smallest absolute Gasteiger partial charge is 0.227 e. The van der Waals surface area contributed by atoms with Gasteiger partial charge in [-0.05, 0) is 54.4 Å². The second-order valence-corrected chi connectivity index (χ2v) is 7.11. The van der Waals surface area contributed by atoms with Crippen molar-refractivity contribution in [2.45, 2.75) is 12.8 Å². The number of carbonyl (C=O) groups excluding carboxylic acids is 1. The third-order valence-electron chi connectivity index (χ3n) is 5.12. The van der Waals surface area contributed by atoms with Crippen LogP contribution in [0.15, 0.2) is 65.1 Å². The van der Waals surface area contributed by atoms with Crippen LogP contribution >= 0.6 is 0 Å². The van der Waals surface area contributed by atoms with Gasteiger partial charge in [-0.1, -0.05) is 18.2 Å². The number of rotatable bonds is 8. The van der Waals surface area contributed by atoms with E-state index in [1.165, 1.54) is 0 Å². The molecule has 7 heteroatoms. The highest BCUT2D eigenvalue weighted by Gasteiger charge is 2.16. The van der Waals surface area contributed by atoms with Gasteiger partial charge in [-0.3, -0.25) is 4.79 Å². The Bertz CT molecular complexity index is 1200. The first-order valence-corrected chi connectivity index (χ1v) is 10.2. The molecule has 0 fully saturated rings. The third-order valence-corrected chi connectivity index (χ3v) is 5.12. The zero-order chi connectivity index (χ0) is 22.5. The summed E-state index contributed by atoms with van der Waals surface area (Å²) in [6, 6.07) is 18.7. The van der Waals surface area contributed by atoms with Crippen molar-refractivity contribution in [1.29, 1.82) is 0 Å². The van der Waals surface area contributed by atoms with Crippen molar-refractivity contribution in [3.8, 4) is 28.7 Å². The van der Waals surface area contributed by atoms with Gasteiger partial charge in [0.05, 0.1) is 21.3 Å². The molecular formula is C25H24N2O5. The van der Waals surface area contributed by atoms with Crippen molar-refractivity contribution < 1.29 is 23.4 Å². The van der Waals surface area contributed by atoms with Gasteiger partial charge in [0.1, 0.15) is 5.52 Å². The summed E-state index contributed by atoms with van der Waals surface area (Å²) in [6.07, 6.45) is 0.787. The topological polar surface area (TPSA) is 82.8 Å². The van der Waals surface area contributed by atoms with E-state index in [0.717, 1.165) is 22.2 Å². The van der Waals surface area contributed by atoms with E-state index in [0.29, 0.717) is 41.7 Å². The predicted octanol–water partition coefficient (Wildman–Crippen LogP) is 5.09. The number of nitrogens with zero attached hydrogens (tertiary/aromatic N) is 1. The maximum Gasteiger partial charge on any atom is 0.227 e. The number of methoxy groups -OCH3 is 3. The summed E-state index contributed by atoms with van der Waals surface area (Å²) in [5.74, 6) is 2.11. The van der Waals surface area contributed by atoms with Crippen molar-refractivity contribution in [3.05, 3.63) is 66.2 Å². The standard InChI is InChI=1S/C25H24N2O5/c1-29-21-14-10-16(23(30-2)24(21)31-3)11-15-22(28)26-18-12-8-17(9-13-18)25-27-19-6-4-5-7-20(19)32-25/h4-10,12-14H,11,15H2,1-3H3,(H,26,28). The Hall–Kier alpha value is -4.00. The summed E-state index contributed by atoms with van der Waals surface area (Å²) >= 11 is 0. The molecule has 0 bridgehead atoms. The van der Waals surface area contributed by atoms with Crippen LogP contribution in [0.1, 0.15) is 12.0 Å². The average molecular weight is 432 g/mol. The number of amides is 1. The molecule has 4 rings (SSSR count). The fourth-order valence-corrected chi connectivity index (χ4v) is 3.52. The van der Waals surface area contributed by atoms with Gasteiger partial charge >= 0.3 is 0 Å². The molecule has 7 nitrogen and oxygen atoms in total. The Morgan fingerprint density at radius 2 is 1.66 bits per heavy atom. The second kappa shape index (κ2) is 9.43. The number of nitrogens with one attached hydrogen (secondary N) is 1. The maximum absolute atomic E-state index is 12.5. The van der Waals surface area contributed by atoms with Crippen molar-refractivity contribution >= 4 is 22.7 Å². The summed E-state index contributed by atoms with van der Waals surface area (Å²) < 4.78 is 22.0. The van der Waals surface area contributed by atoms with E-state index in [1.807, 2.05) is 54.6 Å². The van der Waals surface area contributed by atoms with E-state index in [1.54, 1.807) is 27.4 Å². The molecule has 0 aliphatic heterocycles. The molecule has 0 saturated carbocycles. The maximum atomic E-state index is 12.5. The van der Waals surface area contributed by atoms with Gasteiger partial charge in [0, 0.05) is 17.7 Å². The van der Waals surface area contributed by atoms with Gasteiger partial charge in [-0.25, -0.2) is 4.98 Å². The summed E-state index contributed by atoms with van der Waals surface area (Å²) in [4.78, 5) is 17.0. The predicted molar refractivity (Wildman–Crippen MR) is 122 cm³/mol. The normalized spacial score (nSPS) is 10.7. The van der Waals surface area contributed by atoms with E-state index in [-0.39, 0.29) is 5.91 Å². The SMILES string of the molecule is COc1ccc(CCC(=O)Nc2ccc(-c3nc4ccccc4o3)cc2)c(OC)c1OC. The number of aromatic nitrogens is 1. The van der Waals surface area contributed by atoms with E-state index in [4.69, 9.17) is 18.6 Å². The average Bonchev–Trinajstić information content (AvgIpc) is 3.26. The number of hydrogen-bond donors (Lipinski definition) is 1. The summed E-state index contributed by atoms with van der Waals surface area (Å²) in [5, 5.41) is 2.92. The number of oxazole rings is 1. The van der Waals surface area contributed by atoms with Gasteiger partial charge in [0.25, 0.3) is 0 Å². The van der Waals surface area contributed by atoms with Gasteiger partial charge in [-0.15, -0.1) is 0 Å². The zero-order valence-electron chi connectivity index (χ0n) is 18.2. The second-order valence-electron chi connectivity index (χ2n) is 7.11. The molecule has 0 spiro atoms. The summed E-state index contributed by atoms with van der Waals surface area (Å²) in [6.45, 7) is 0. The quantitative estimate of drug-likeness (QED) is 0.418. The van der Waals surface area contributed by atoms with Crippen LogP contribution in [0, 0.1) is 0 Å². The van der Waals surface area contributed by atoms with Gasteiger partial charge in [0.2, 0.25) is 17.5 Å². The number of aryl methyl sites for hydroxylation is 1. The lowest BCUT2D eigenvalue weighted by atomic mass is 10.1. The molecule has 32 heavy (non-hydrogen) atoms. The Labute approximate surface area is 185 Å². The molecule has 3 aromatic carbocycles. The highest BCUT2D eigenvalue weighted by molar-refractivity contribution is 5.91. The first-order chi connectivity index (χ1) is 15.6. The van der Waals surface area contributed by atoms with Crippen LogP contribution in [0.4, 0.5) is 5.69 Å². The van der Waals surface area contributed by atoms with Crippen LogP contribution in [0.3, 0.4) is 0 Å². The number of ether oxygens (including phenoxy) is 3. The summed E-state index contributed by atoms with van der Waals surface area (Å²) in [5.41, 5.74) is 3.96. The number of para-hydroxylation sites is 2. The first kappa shape index (κ1) is 21.2. The molecule has 0 unspecified atom stereocenters. The Balaban J connectivity index is 1.40. The molecule has 164 valence electrons. The molecule has 0 aliphatic rings. The minimum absolute atomic E-state index is 0.101. The molecule has 0 saturated heterocycles. The lowest BCUT2D eigenvalue weighted by Crippen LogP contribution is -2.12. The largest absolute Gasteiger partial charge is 0.493 e. The van der Waals surface area contributed by atoms with Crippen LogP contribution in [-0.4, -0.2) is 32.2 Å². The number of anilines is 1.